The van der Waals surface area contributed by atoms with E-state index in [-0.39, 0.29) is 24.4 Å². The number of rotatable bonds is 48. The van der Waals surface area contributed by atoms with E-state index in [1.54, 1.807) is 6.92 Å². The van der Waals surface area contributed by atoms with E-state index in [0.29, 0.717) is 24.7 Å². The first kappa shape index (κ1) is 73.6. The maximum Gasteiger partial charge on any atom is 0.397 e. The second kappa shape index (κ2) is 43.1. The Kier molecular flexibility index (Phi) is 40.2. The molecule has 0 spiro atoms. The highest BCUT2D eigenvalue weighted by molar-refractivity contribution is 7.80. The number of carbonyl (C=O) groups excluding carboxylic acids is 2. The maximum atomic E-state index is 14.0. The molecule has 2 heterocycles. The van der Waals surface area contributed by atoms with Crippen LogP contribution in [-0.2, 0) is 47.9 Å². The molecule has 0 amide bonds. The van der Waals surface area contributed by atoms with Gasteiger partial charge in [0, 0.05) is 6.42 Å². The van der Waals surface area contributed by atoms with Gasteiger partial charge in [-0.15, -0.1) is 0 Å². The molecule has 0 aliphatic carbocycles. The number of unbranched alkanes of at least 4 members (excludes halogenated alkanes) is 26. The van der Waals surface area contributed by atoms with Crippen LogP contribution in [0.3, 0.4) is 0 Å². The number of carbonyl (C=O) groups is 2. The van der Waals surface area contributed by atoms with Gasteiger partial charge in [-0.25, -0.2) is 4.18 Å². The Balaban J connectivity index is 2.01. The predicted molar refractivity (Wildman–Crippen MR) is 307 cm³/mol. The van der Waals surface area contributed by atoms with Crippen LogP contribution in [-0.4, -0.2) is 136 Å². The lowest BCUT2D eigenvalue weighted by Crippen LogP contribution is -2.65. The number of aliphatic hydroxyl groups excluding tert-OH is 6. The van der Waals surface area contributed by atoms with Crippen LogP contribution >= 0.6 is 0 Å². The first-order valence-electron chi connectivity index (χ1n) is 31.7. The van der Waals surface area contributed by atoms with Gasteiger partial charge in [0.05, 0.1) is 25.2 Å². The van der Waals surface area contributed by atoms with Gasteiger partial charge < -0.3 is 54.3 Å². The SMILES string of the molecule is CCCCCCCCCCCCCCCCCC(=O)O[C@@H]1[C@H](O[C@H]2O[C@H](CO)[C@@H](O)[C@H](O)[C@H]2OS(=O)(=O)O)O[C@@H](CO)[C@H](O)[C@H]1OC(=O)[C@H](C)C[C@H](C)C[C@H](C)C[C@H](C)C[C@H](C)[C@H](O)CCCCCCCCCCCCCCC. The van der Waals surface area contributed by atoms with Crippen LogP contribution in [0.15, 0.2) is 0 Å². The van der Waals surface area contributed by atoms with Gasteiger partial charge >= 0.3 is 22.3 Å². The average Bonchev–Trinajstić information content (AvgIpc) is 3.44. The molecule has 2 saturated heterocycles. The maximum absolute atomic E-state index is 14.0. The standard InChI is InChI=1S/C61H116O17S/c1-8-10-12-14-16-18-20-22-23-25-27-29-31-33-35-37-52(65)75-58-56(54(67)51(43-63)74-61(58)77-60-57(78-79(70,71)72)55(68)53(66)50(42-62)73-60)76-59(69)48(7)41-46(5)39-44(3)38-45(4)40-47(6)49(64)36-34-32-30-28-26-24-21-19-17-15-13-11-9-2/h44-51,53-58,60-64,66-68H,8-43H2,1-7H3,(H,70,71,72)/t44-,45+,46-,47+,48-,49-,50-,51+,53-,54+,55+,56-,57-,58+,60-,61+/m1/s1. The minimum Gasteiger partial charge on any atom is -0.455 e. The average molecular weight is 1150 g/mol. The van der Waals surface area contributed by atoms with E-state index >= 15 is 0 Å². The van der Waals surface area contributed by atoms with Gasteiger partial charge in [0.25, 0.3) is 0 Å². The monoisotopic (exact) mass is 1150 g/mol. The van der Waals surface area contributed by atoms with Crippen LogP contribution in [0.4, 0.5) is 0 Å². The molecule has 0 bridgehead atoms. The van der Waals surface area contributed by atoms with E-state index in [1.165, 1.54) is 128 Å². The molecule has 79 heavy (non-hydrogen) atoms. The van der Waals surface area contributed by atoms with Crippen molar-refractivity contribution in [3.63, 3.8) is 0 Å². The summed E-state index contributed by atoms with van der Waals surface area (Å²) in [6, 6.07) is 0. The summed E-state index contributed by atoms with van der Waals surface area (Å²) in [7, 11) is -5.32. The van der Waals surface area contributed by atoms with Crippen LogP contribution in [0.5, 0.6) is 0 Å². The van der Waals surface area contributed by atoms with Crippen LogP contribution in [0.1, 0.15) is 267 Å². The Bertz CT molecular complexity index is 1640. The van der Waals surface area contributed by atoms with E-state index in [0.717, 1.165) is 70.6 Å². The highest BCUT2D eigenvalue weighted by atomic mass is 32.3. The van der Waals surface area contributed by atoms with E-state index < -0.39 is 103 Å². The molecule has 2 aliphatic rings. The number of ether oxygens (including phenoxy) is 5. The van der Waals surface area contributed by atoms with Crippen molar-refractivity contribution in [3.8, 4) is 0 Å². The molecule has 16 atom stereocenters. The molecule has 17 nitrogen and oxygen atoms in total. The Morgan fingerprint density at radius 3 is 1.33 bits per heavy atom. The molecular formula is C61H116O17S. The van der Waals surface area contributed by atoms with Gasteiger partial charge in [0.15, 0.2) is 24.6 Å². The number of esters is 2. The van der Waals surface area contributed by atoms with E-state index in [2.05, 4.69) is 45.7 Å². The van der Waals surface area contributed by atoms with Crippen LogP contribution in [0, 0.1) is 29.6 Å². The van der Waals surface area contributed by atoms with Gasteiger partial charge in [-0.2, -0.15) is 8.42 Å². The van der Waals surface area contributed by atoms with Gasteiger partial charge in [0.2, 0.25) is 6.29 Å². The summed E-state index contributed by atoms with van der Waals surface area (Å²) in [5, 5.41) is 64.2. The highest BCUT2D eigenvalue weighted by Crippen LogP contribution is 2.35. The summed E-state index contributed by atoms with van der Waals surface area (Å²) in [6.07, 6.45) is 19.0. The third-order valence-electron chi connectivity index (χ3n) is 16.4. The normalized spacial score (nSPS) is 26.1. The fourth-order valence-corrected chi connectivity index (χ4v) is 12.3. The van der Waals surface area contributed by atoms with Crippen molar-refractivity contribution in [2.24, 2.45) is 29.6 Å². The molecule has 2 fully saturated rings. The van der Waals surface area contributed by atoms with Crippen molar-refractivity contribution in [1.29, 1.82) is 0 Å². The molecule has 0 saturated carbocycles. The van der Waals surface area contributed by atoms with Crippen molar-refractivity contribution in [2.45, 2.75) is 334 Å². The minimum atomic E-state index is -5.32. The molecule has 0 unspecified atom stereocenters. The quantitative estimate of drug-likeness (QED) is 0.0170. The zero-order valence-corrected chi connectivity index (χ0v) is 51.1. The van der Waals surface area contributed by atoms with Crippen LogP contribution < -0.4 is 0 Å². The predicted octanol–water partition coefficient (Wildman–Crippen LogP) is 11.4. The topological polar surface area (TPSA) is 265 Å². The minimum absolute atomic E-state index is 0.0582. The Morgan fingerprint density at radius 2 is 0.886 bits per heavy atom. The van der Waals surface area contributed by atoms with Gasteiger partial charge in [-0.05, 0) is 62.2 Å². The third kappa shape index (κ3) is 31.8. The van der Waals surface area contributed by atoms with Crippen molar-refractivity contribution in [2.75, 3.05) is 13.2 Å². The fraction of sp³-hybridized carbons (Fsp3) is 0.967. The number of aliphatic hydroxyl groups is 6. The largest absolute Gasteiger partial charge is 0.455 e. The first-order chi connectivity index (χ1) is 37.8. The lowest BCUT2D eigenvalue weighted by Gasteiger charge is -2.46. The van der Waals surface area contributed by atoms with Crippen molar-refractivity contribution in [1.82, 2.24) is 0 Å². The molecular weight excluding hydrogens is 1040 g/mol. The summed E-state index contributed by atoms with van der Waals surface area (Å²) in [5.41, 5.74) is 0. The smallest absolute Gasteiger partial charge is 0.397 e. The summed E-state index contributed by atoms with van der Waals surface area (Å²) in [6.45, 7) is 13.1. The van der Waals surface area contributed by atoms with Crippen molar-refractivity contribution >= 4 is 22.3 Å². The Morgan fingerprint density at radius 1 is 0.494 bits per heavy atom. The lowest BCUT2D eigenvalue weighted by atomic mass is 9.82. The van der Waals surface area contributed by atoms with E-state index in [9.17, 15) is 53.2 Å². The van der Waals surface area contributed by atoms with Crippen molar-refractivity contribution in [3.05, 3.63) is 0 Å². The Hall–Kier alpha value is -1.55. The van der Waals surface area contributed by atoms with Crippen LogP contribution in [0.2, 0.25) is 0 Å². The van der Waals surface area contributed by atoms with Crippen molar-refractivity contribution < 1.29 is 81.1 Å². The molecule has 7 N–H and O–H groups in total. The second-order valence-electron chi connectivity index (χ2n) is 24.3. The third-order valence-corrected chi connectivity index (χ3v) is 16.9. The van der Waals surface area contributed by atoms with E-state index in [4.69, 9.17) is 23.7 Å². The van der Waals surface area contributed by atoms with E-state index in [1.807, 2.05) is 0 Å². The molecule has 0 aromatic carbocycles. The number of hydrogen-bond donors (Lipinski definition) is 7. The molecule has 0 aromatic rings. The fourth-order valence-electron chi connectivity index (χ4n) is 11.9. The molecule has 2 rings (SSSR count). The summed E-state index contributed by atoms with van der Waals surface area (Å²) < 4.78 is 67.2. The molecule has 468 valence electrons. The zero-order valence-electron chi connectivity index (χ0n) is 50.3. The van der Waals surface area contributed by atoms with Gasteiger partial charge in [-0.1, -0.05) is 222 Å². The van der Waals surface area contributed by atoms with Crippen LogP contribution in [0.25, 0.3) is 0 Å². The summed E-state index contributed by atoms with van der Waals surface area (Å²) >= 11 is 0. The van der Waals surface area contributed by atoms with Gasteiger partial charge in [0.1, 0.15) is 30.5 Å². The van der Waals surface area contributed by atoms with Gasteiger partial charge in [-0.3, -0.25) is 14.1 Å². The number of hydrogen-bond acceptors (Lipinski definition) is 16. The summed E-state index contributed by atoms with van der Waals surface area (Å²) in [4.78, 5) is 27.6. The first-order valence-corrected chi connectivity index (χ1v) is 33.1. The molecule has 0 radical (unpaired) electrons. The molecule has 18 heteroatoms. The molecule has 0 aromatic heterocycles. The Labute approximate surface area is 478 Å². The lowest BCUT2D eigenvalue weighted by molar-refractivity contribution is -0.374. The second-order valence-corrected chi connectivity index (χ2v) is 25.4. The summed E-state index contributed by atoms with van der Waals surface area (Å²) in [5.74, 6) is -1.20. The molecule has 2 aliphatic heterocycles. The highest BCUT2D eigenvalue weighted by Gasteiger charge is 2.54. The zero-order chi connectivity index (χ0) is 58.6.